The number of aromatic nitrogens is 2. The van der Waals surface area contributed by atoms with Crippen molar-refractivity contribution in [2.75, 3.05) is 67.2 Å². The molecule has 7 rings (SSSR count). The molecule has 11 nitrogen and oxygen atoms in total. The fourth-order valence-electron chi connectivity index (χ4n) is 7.63. The summed E-state index contributed by atoms with van der Waals surface area (Å²) in [6, 6.07) is 13.6. The van der Waals surface area contributed by atoms with Gasteiger partial charge in [-0.25, -0.2) is 4.98 Å². The third-order valence-electron chi connectivity index (χ3n) is 10.4. The van der Waals surface area contributed by atoms with E-state index >= 15 is 0 Å². The van der Waals surface area contributed by atoms with Crippen LogP contribution >= 0.6 is 11.6 Å². The van der Waals surface area contributed by atoms with E-state index in [2.05, 4.69) is 53.7 Å². The SMILES string of the molecule is C=CC(=O)Nc1cccc(CNc2nc(Nc3ccc(N4CCN(CCCNC(=O)CC5CC6CCC5CC6)CC4)cc3OC)ncc2Cl)c1. The van der Waals surface area contributed by atoms with Gasteiger partial charge in [0.25, 0.3) is 0 Å². The van der Waals surface area contributed by atoms with Crippen molar-refractivity contribution in [3.8, 4) is 5.75 Å². The van der Waals surface area contributed by atoms with Gasteiger partial charge in [-0.1, -0.05) is 43.2 Å². The Balaban J connectivity index is 0.951. The number of halogens is 1. The Morgan fingerprint density at radius 1 is 1.08 bits per heavy atom. The summed E-state index contributed by atoms with van der Waals surface area (Å²) in [6.07, 6.45) is 11.2. The van der Waals surface area contributed by atoms with E-state index in [-0.39, 0.29) is 11.8 Å². The van der Waals surface area contributed by atoms with E-state index in [1.54, 1.807) is 13.3 Å². The Morgan fingerprint density at radius 3 is 2.64 bits per heavy atom. The maximum Gasteiger partial charge on any atom is 0.247 e. The number of methoxy groups -OCH3 is 1. The fraction of sp³-hybridized carbons (Fsp3) is 0.474. The van der Waals surface area contributed by atoms with Gasteiger partial charge >= 0.3 is 0 Å². The zero-order valence-electron chi connectivity index (χ0n) is 28.9. The van der Waals surface area contributed by atoms with Crippen LogP contribution < -0.4 is 30.9 Å². The Hall–Kier alpha value is -4.35. The Morgan fingerprint density at radius 2 is 1.90 bits per heavy atom. The van der Waals surface area contributed by atoms with Gasteiger partial charge in [0.05, 0.1) is 19.0 Å². The number of nitrogens with zero attached hydrogens (tertiary/aromatic N) is 4. The molecule has 2 amide bonds. The van der Waals surface area contributed by atoms with Crippen LogP contribution in [0.25, 0.3) is 0 Å². The zero-order chi connectivity index (χ0) is 34.9. The van der Waals surface area contributed by atoms with Gasteiger partial charge < -0.3 is 30.9 Å². The average molecular weight is 701 g/mol. The van der Waals surface area contributed by atoms with Gasteiger partial charge in [0.2, 0.25) is 17.8 Å². The van der Waals surface area contributed by atoms with Crippen molar-refractivity contribution in [3.63, 3.8) is 0 Å². The van der Waals surface area contributed by atoms with Crippen LogP contribution in [-0.4, -0.2) is 73.1 Å². The van der Waals surface area contributed by atoms with Crippen molar-refractivity contribution >= 4 is 52.2 Å². The molecular weight excluding hydrogens is 652 g/mol. The van der Waals surface area contributed by atoms with E-state index in [0.717, 1.165) is 80.9 Å². The molecule has 3 saturated carbocycles. The molecule has 1 saturated heterocycles. The van der Waals surface area contributed by atoms with Crippen molar-refractivity contribution in [2.45, 2.75) is 51.5 Å². The summed E-state index contributed by atoms with van der Waals surface area (Å²) in [5.74, 6) is 3.79. The van der Waals surface area contributed by atoms with Crippen LogP contribution in [0.3, 0.4) is 0 Å². The highest BCUT2D eigenvalue weighted by Gasteiger charge is 2.36. The minimum absolute atomic E-state index is 0.245. The monoisotopic (exact) mass is 700 g/mol. The number of fused-ring (bicyclic) bond motifs is 3. The van der Waals surface area contributed by atoms with E-state index < -0.39 is 0 Å². The number of nitrogens with one attached hydrogen (secondary N) is 4. The number of rotatable bonds is 15. The lowest BCUT2D eigenvalue weighted by molar-refractivity contribution is -0.123. The molecule has 2 aromatic carbocycles. The molecule has 266 valence electrons. The molecule has 2 bridgehead atoms. The molecule has 2 heterocycles. The van der Waals surface area contributed by atoms with Crippen LogP contribution in [-0.2, 0) is 16.1 Å². The number of carbonyl (C=O) groups is 2. The molecule has 4 fully saturated rings. The lowest BCUT2D eigenvalue weighted by Crippen LogP contribution is -2.47. The quantitative estimate of drug-likeness (QED) is 0.104. The molecule has 1 aliphatic heterocycles. The van der Waals surface area contributed by atoms with E-state index in [1.165, 1.54) is 38.2 Å². The first-order valence-corrected chi connectivity index (χ1v) is 18.2. The van der Waals surface area contributed by atoms with Crippen molar-refractivity contribution in [3.05, 3.63) is 71.9 Å². The zero-order valence-corrected chi connectivity index (χ0v) is 29.7. The Bertz CT molecular complexity index is 1640. The second kappa shape index (κ2) is 17.0. The Kier molecular flexibility index (Phi) is 12.1. The minimum Gasteiger partial charge on any atom is -0.494 e. The number of carbonyl (C=O) groups excluding carboxylic acids is 2. The Labute approximate surface area is 300 Å². The number of benzene rings is 2. The third kappa shape index (κ3) is 9.45. The molecule has 3 aliphatic carbocycles. The van der Waals surface area contributed by atoms with Gasteiger partial charge in [0, 0.05) is 63.1 Å². The van der Waals surface area contributed by atoms with Gasteiger partial charge in [0.1, 0.15) is 10.8 Å². The number of hydrogen-bond acceptors (Lipinski definition) is 9. The van der Waals surface area contributed by atoms with Gasteiger partial charge in [-0.2, -0.15) is 4.98 Å². The largest absolute Gasteiger partial charge is 0.494 e. The van der Waals surface area contributed by atoms with Crippen LogP contribution in [0.1, 0.15) is 50.5 Å². The number of anilines is 5. The number of hydrogen-bond donors (Lipinski definition) is 4. The topological polar surface area (TPSA) is 124 Å². The average Bonchev–Trinajstić information content (AvgIpc) is 3.14. The molecule has 0 spiro atoms. The van der Waals surface area contributed by atoms with E-state index in [1.807, 2.05) is 36.4 Å². The summed E-state index contributed by atoms with van der Waals surface area (Å²) in [5.41, 5.74) is 3.46. The second-order valence-electron chi connectivity index (χ2n) is 13.7. The smallest absolute Gasteiger partial charge is 0.247 e. The summed E-state index contributed by atoms with van der Waals surface area (Å²) >= 11 is 6.42. The maximum absolute atomic E-state index is 12.6. The molecule has 4 N–H and O–H groups in total. The molecule has 4 aliphatic rings. The molecule has 1 aromatic heterocycles. The third-order valence-corrected chi connectivity index (χ3v) is 10.6. The molecule has 3 aromatic rings. The number of amides is 2. The van der Waals surface area contributed by atoms with E-state index in [4.69, 9.17) is 16.3 Å². The summed E-state index contributed by atoms with van der Waals surface area (Å²) < 4.78 is 5.76. The first-order valence-electron chi connectivity index (χ1n) is 17.8. The lowest BCUT2D eigenvalue weighted by Gasteiger charge is -2.42. The molecule has 0 radical (unpaired) electrons. The standard InChI is InChI=1S/C38H49ClN8O3/c1-3-35(48)43-30-7-4-6-27(21-30)24-41-37-32(39)25-42-38(45-37)44-33-13-12-31(23-34(33)50-2)47-18-16-46(17-19-47)15-5-14-40-36(49)22-29-20-26-8-10-28(29)11-9-26/h3-4,6-7,12-13,21,23,25-26,28-29H,1,5,8-11,14-20,22,24H2,2H3,(H,40,49)(H,43,48)(H2,41,42,44,45). The second-order valence-corrected chi connectivity index (χ2v) is 14.1. The van der Waals surface area contributed by atoms with Crippen molar-refractivity contribution in [1.82, 2.24) is 20.2 Å². The first kappa shape index (κ1) is 35.5. The molecule has 1 atom stereocenters. The van der Waals surface area contributed by atoms with Crippen molar-refractivity contribution in [1.29, 1.82) is 0 Å². The van der Waals surface area contributed by atoms with Gasteiger partial charge in [-0.3, -0.25) is 14.5 Å². The van der Waals surface area contributed by atoms with Crippen LogP contribution in [0.4, 0.5) is 28.8 Å². The highest BCUT2D eigenvalue weighted by atomic mass is 35.5. The van der Waals surface area contributed by atoms with Crippen molar-refractivity contribution in [2.24, 2.45) is 17.8 Å². The summed E-state index contributed by atoms with van der Waals surface area (Å²) in [7, 11) is 1.65. The summed E-state index contributed by atoms with van der Waals surface area (Å²) in [5, 5.41) is 12.9. The predicted molar refractivity (Wildman–Crippen MR) is 200 cm³/mol. The van der Waals surface area contributed by atoms with Crippen LogP contribution in [0.5, 0.6) is 5.75 Å². The van der Waals surface area contributed by atoms with Gasteiger partial charge in [-0.05, 0) is 85.9 Å². The summed E-state index contributed by atoms with van der Waals surface area (Å²) in [4.78, 5) is 38.1. The van der Waals surface area contributed by atoms with Crippen molar-refractivity contribution < 1.29 is 14.3 Å². The van der Waals surface area contributed by atoms with E-state index in [0.29, 0.717) is 40.7 Å². The van der Waals surface area contributed by atoms with Gasteiger partial charge in [-0.15, -0.1) is 0 Å². The highest BCUT2D eigenvalue weighted by Crippen LogP contribution is 2.46. The van der Waals surface area contributed by atoms with E-state index in [9.17, 15) is 9.59 Å². The molecule has 1 unspecified atom stereocenters. The predicted octanol–water partition coefficient (Wildman–Crippen LogP) is 6.46. The highest BCUT2D eigenvalue weighted by molar-refractivity contribution is 6.32. The lowest BCUT2D eigenvalue weighted by atomic mass is 9.64. The molecule has 12 heteroatoms. The normalized spacial score (nSPS) is 20.2. The van der Waals surface area contributed by atoms with Crippen LogP contribution in [0, 0.1) is 17.8 Å². The first-order chi connectivity index (χ1) is 24.4. The number of ether oxygens (including phenoxy) is 1. The van der Waals surface area contributed by atoms with Gasteiger partial charge in [0.15, 0.2) is 5.82 Å². The fourth-order valence-corrected chi connectivity index (χ4v) is 7.78. The molecular formula is C38H49ClN8O3. The van der Waals surface area contributed by atoms with Crippen LogP contribution in [0.15, 0.2) is 61.3 Å². The summed E-state index contributed by atoms with van der Waals surface area (Å²) in [6.45, 7) is 9.48. The number of piperazine rings is 1. The maximum atomic E-state index is 12.6. The van der Waals surface area contributed by atoms with Crippen LogP contribution in [0.2, 0.25) is 5.02 Å². The minimum atomic E-state index is -0.268. The molecule has 50 heavy (non-hydrogen) atoms.